The van der Waals surface area contributed by atoms with E-state index in [9.17, 15) is 0 Å². The minimum atomic E-state index is 0.948. The largest absolute Gasteiger partial charge is 0.472 e. The van der Waals surface area contributed by atoms with Crippen molar-refractivity contribution in [2.24, 2.45) is 5.92 Å². The third-order valence-corrected chi connectivity index (χ3v) is 2.86. The van der Waals surface area contributed by atoms with Gasteiger partial charge in [-0.05, 0) is 24.9 Å². The summed E-state index contributed by atoms with van der Waals surface area (Å²) in [6.45, 7) is 2.10. The van der Waals surface area contributed by atoms with E-state index in [4.69, 9.17) is 4.42 Å². The van der Waals surface area contributed by atoms with Crippen molar-refractivity contribution < 1.29 is 4.42 Å². The Kier molecular flexibility index (Phi) is 3.03. The predicted octanol–water partition coefficient (Wildman–Crippen LogP) is 2.56. The highest BCUT2D eigenvalue weighted by Crippen LogP contribution is 2.28. The average Bonchev–Trinajstić information content (AvgIpc) is 2.53. The molecule has 13 heavy (non-hydrogen) atoms. The third-order valence-electron chi connectivity index (χ3n) is 2.86. The van der Waals surface area contributed by atoms with Crippen LogP contribution in [0.25, 0.3) is 0 Å². The molecule has 2 nitrogen and oxygen atoms in total. The molecule has 1 aliphatic rings. The monoisotopic (exact) mass is 179 g/mol. The molecule has 0 aliphatic heterocycles. The Balaban J connectivity index is 1.53. The quantitative estimate of drug-likeness (QED) is 0.703. The zero-order valence-electron chi connectivity index (χ0n) is 7.96. The maximum atomic E-state index is 4.98. The standard InChI is InChI=1S/C11H17NO/c1-2-10(3-1)4-6-12-8-11-5-7-13-9-11/h5,7,9-10,12H,1-4,6,8H2. The van der Waals surface area contributed by atoms with Crippen LogP contribution in [0.5, 0.6) is 0 Å². The van der Waals surface area contributed by atoms with E-state index in [0.717, 1.165) is 19.0 Å². The fourth-order valence-electron chi connectivity index (χ4n) is 1.71. The normalized spacial score (nSPS) is 17.2. The molecule has 0 bridgehead atoms. The Hall–Kier alpha value is -0.760. The number of hydrogen-bond acceptors (Lipinski definition) is 2. The van der Waals surface area contributed by atoms with Crippen LogP contribution in [-0.4, -0.2) is 6.54 Å². The first-order valence-electron chi connectivity index (χ1n) is 5.17. The van der Waals surface area contributed by atoms with Gasteiger partial charge in [0.05, 0.1) is 12.5 Å². The van der Waals surface area contributed by atoms with E-state index in [2.05, 4.69) is 5.32 Å². The SMILES string of the molecule is c1cc(CNCCC2CCC2)co1. The van der Waals surface area contributed by atoms with Crippen molar-refractivity contribution in [1.29, 1.82) is 0 Å². The molecule has 2 heteroatoms. The predicted molar refractivity (Wildman–Crippen MR) is 52.4 cm³/mol. The topological polar surface area (TPSA) is 25.2 Å². The molecule has 2 rings (SSSR count). The first kappa shape index (κ1) is 8.82. The van der Waals surface area contributed by atoms with Gasteiger partial charge in [-0.3, -0.25) is 0 Å². The second-order valence-electron chi connectivity index (χ2n) is 3.89. The summed E-state index contributed by atoms with van der Waals surface area (Å²) >= 11 is 0. The molecule has 0 amide bonds. The van der Waals surface area contributed by atoms with E-state index in [0.29, 0.717) is 0 Å². The van der Waals surface area contributed by atoms with Crippen molar-refractivity contribution in [2.75, 3.05) is 6.54 Å². The first-order valence-corrected chi connectivity index (χ1v) is 5.17. The van der Waals surface area contributed by atoms with E-state index < -0.39 is 0 Å². The van der Waals surface area contributed by atoms with E-state index in [1.165, 1.54) is 31.2 Å². The van der Waals surface area contributed by atoms with Crippen LogP contribution in [0.1, 0.15) is 31.2 Å². The molecule has 72 valence electrons. The van der Waals surface area contributed by atoms with E-state index in [-0.39, 0.29) is 0 Å². The van der Waals surface area contributed by atoms with Gasteiger partial charge in [0.2, 0.25) is 0 Å². The van der Waals surface area contributed by atoms with Crippen molar-refractivity contribution in [3.8, 4) is 0 Å². The Morgan fingerprint density at radius 2 is 2.38 bits per heavy atom. The highest BCUT2D eigenvalue weighted by molar-refractivity contribution is 5.04. The van der Waals surface area contributed by atoms with E-state index >= 15 is 0 Å². The number of hydrogen-bond donors (Lipinski definition) is 1. The molecule has 0 saturated heterocycles. The zero-order chi connectivity index (χ0) is 8.93. The van der Waals surface area contributed by atoms with Crippen LogP contribution in [0.3, 0.4) is 0 Å². The van der Waals surface area contributed by atoms with Crippen molar-refractivity contribution in [3.63, 3.8) is 0 Å². The number of rotatable bonds is 5. The molecule has 0 spiro atoms. The van der Waals surface area contributed by atoms with Gasteiger partial charge >= 0.3 is 0 Å². The van der Waals surface area contributed by atoms with Gasteiger partial charge in [0.15, 0.2) is 0 Å². The average molecular weight is 179 g/mol. The third kappa shape index (κ3) is 2.59. The maximum absolute atomic E-state index is 4.98. The lowest BCUT2D eigenvalue weighted by Crippen LogP contribution is -2.20. The van der Waals surface area contributed by atoms with Crippen LogP contribution in [-0.2, 0) is 6.54 Å². The lowest BCUT2D eigenvalue weighted by Gasteiger charge is -2.25. The Labute approximate surface area is 79.3 Å². The fourth-order valence-corrected chi connectivity index (χ4v) is 1.71. The highest BCUT2D eigenvalue weighted by Gasteiger charge is 2.15. The van der Waals surface area contributed by atoms with E-state index in [1.807, 2.05) is 6.07 Å². The summed E-state index contributed by atoms with van der Waals surface area (Å²) in [5.41, 5.74) is 1.24. The summed E-state index contributed by atoms with van der Waals surface area (Å²) < 4.78 is 4.98. The summed E-state index contributed by atoms with van der Waals surface area (Å²) in [5, 5.41) is 3.43. The molecule has 1 aliphatic carbocycles. The minimum absolute atomic E-state index is 0.948. The molecule has 1 saturated carbocycles. The van der Waals surface area contributed by atoms with Gasteiger partial charge < -0.3 is 9.73 Å². The molecule has 1 N–H and O–H groups in total. The van der Waals surface area contributed by atoms with Crippen molar-refractivity contribution >= 4 is 0 Å². The number of nitrogens with one attached hydrogen (secondary N) is 1. The first-order chi connectivity index (χ1) is 6.45. The molecule has 0 atom stereocenters. The van der Waals surface area contributed by atoms with Crippen LogP contribution in [0.15, 0.2) is 23.0 Å². The van der Waals surface area contributed by atoms with Crippen LogP contribution in [0.2, 0.25) is 0 Å². The molecule has 1 aromatic rings. The van der Waals surface area contributed by atoms with Gasteiger partial charge in [0, 0.05) is 12.1 Å². The summed E-state index contributed by atoms with van der Waals surface area (Å²) in [5.74, 6) is 1.01. The summed E-state index contributed by atoms with van der Waals surface area (Å²) in [4.78, 5) is 0. The Morgan fingerprint density at radius 3 is 3.00 bits per heavy atom. The highest BCUT2D eigenvalue weighted by atomic mass is 16.3. The van der Waals surface area contributed by atoms with Crippen molar-refractivity contribution in [2.45, 2.75) is 32.2 Å². The lowest BCUT2D eigenvalue weighted by atomic mass is 9.83. The molecular formula is C11H17NO. The minimum Gasteiger partial charge on any atom is -0.472 e. The van der Waals surface area contributed by atoms with Gasteiger partial charge in [0.25, 0.3) is 0 Å². The second kappa shape index (κ2) is 4.47. The maximum Gasteiger partial charge on any atom is 0.0947 e. The van der Waals surface area contributed by atoms with Crippen LogP contribution >= 0.6 is 0 Å². The number of furan rings is 1. The van der Waals surface area contributed by atoms with Gasteiger partial charge in [-0.25, -0.2) is 0 Å². The van der Waals surface area contributed by atoms with Gasteiger partial charge in [-0.1, -0.05) is 19.3 Å². The molecule has 0 unspecified atom stereocenters. The van der Waals surface area contributed by atoms with Crippen LogP contribution in [0, 0.1) is 5.92 Å². The smallest absolute Gasteiger partial charge is 0.0947 e. The van der Waals surface area contributed by atoms with Crippen LogP contribution in [0.4, 0.5) is 0 Å². The summed E-state index contributed by atoms with van der Waals surface area (Å²) in [7, 11) is 0. The van der Waals surface area contributed by atoms with Crippen LogP contribution < -0.4 is 5.32 Å². The second-order valence-corrected chi connectivity index (χ2v) is 3.89. The molecule has 0 aromatic carbocycles. The molecular weight excluding hydrogens is 162 g/mol. The van der Waals surface area contributed by atoms with Gasteiger partial charge in [0.1, 0.15) is 0 Å². The summed E-state index contributed by atoms with van der Waals surface area (Å²) in [6.07, 6.45) is 9.23. The van der Waals surface area contributed by atoms with E-state index in [1.54, 1.807) is 12.5 Å². The molecule has 0 radical (unpaired) electrons. The van der Waals surface area contributed by atoms with Crippen molar-refractivity contribution in [3.05, 3.63) is 24.2 Å². The lowest BCUT2D eigenvalue weighted by molar-refractivity contribution is 0.292. The van der Waals surface area contributed by atoms with Gasteiger partial charge in [-0.15, -0.1) is 0 Å². The summed E-state index contributed by atoms with van der Waals surface area (Å²) in [6, 6.07) is 2.01. The molecule has 1 heterocycles. The van der Waals surface area contributed by atoms with Gasteiger partial charge in [-0.2, -0.15) is 0 Å². The zero-order valence-corrected chi connectivity index (χ0v) is 7.96. The fraction of sp³-hybridized carbons (Fsp3) is 0.636. The Morgan fingerprint density at radius 1 is 1.46 bits per heavy atom. The molecule has 1 fully saturated rings. The molecule has 1 aromatic heterocycles. The van der Waals surface area contributed by atoms with Crippen molar-refractivity contribution in [1.82, 2.24) is 5.32 Å². The Bertz CT molecular complexity index is 226.